The summed E-state index contributed by atoms with van der Waals surface area (Å²) in [6, 6.07) is 9.74. The van der Waals surface area contributed by atoms with Gasteiger partial charge in [-0.1, -0.05) is 31.5 Å². The Labute approximate surface area is 79.5 Å². The lowest BCUT2D eigenvalue weighted by atomic mass is 10.3. The fraction of sp³-hybridized carbons (Fsp3) is 0.455. The third kappa shape index (κ3) is 3.47. The topological polar surface area (TPSA) is 18.5 Å². The lowest BCUT2D eigenvalue weighted by Gasteiger charge is -2.16. The highest BCUT2D eigenvalue weighted by Gasteiger charge is 2.06. The van der Waals surface area contributed by atoms with Crippen molar-refractivity contribution in [3.8, 4) is 5.75 Å². The Hall–Kier alpha value is -1.02. The van der Waals surface area contributed by atoms with Gasteiger partial charge in [-0.15, -0.1) is 0 Å². The molecule has 1 atom stereocenters. The molecule has 0 heterocycles. The first-order valence-electron chi connectivity index (χ1n) is 4.61. The van der Waals surface area contributed by atoms with Crippen LogP contribution in [0.15, 0.2) is 30.3 Å². The van der Waals surface area contributed by atoms with Gasteiger partial charge in [-0.3, -0.25) is 0 Å². The molecule has 0 bridgehead atoms. The monoisotopic (exact) mass is 180 g/mol. The van der Waals surface area contributed by atoms with Crippen molar-refractivity contribution in [2.24, 2.45) is 0 Å². The number of para-hydroxylation sites is 1. The second kappa shape index (κ2) is 5.60. The molecule has 0 N–H and O–H groups in total. The molecule has 0 amide bonds. The van der Waals surface area contributed by atoms with Gasteiger partial charge in [0.15, 0.2) is 6.29 Å². The van der Waals surface area contributed by atoms with Crippen LogP contribution in [0, 0.1) is 0 Å². The fourth-order valence-corrected chi connectivity index (χ4v) is 1.11. The molecule has 2 nitrogen and oxygen atoms in total. The minimum atomic E-state index is -0.118. The van der Waals surface area contributed by atoms with Crippen LogP contribution in [-0.4, -0.2) is 13.4 Å². The van der Waals surface area contributed by atoms with Crippen molar-refractivity contribution in [3.63, 3.8) is 0 Å². The molecular formula is C11H16O2. The Morgan fingerprint density at radius 2 is 1.92 bits per heavy atom. The van der Waals surface area contributed by atoms with Crippen LogP contribution < -0.4 is 4.74 Å². The van der Waals surface area contributed by atoms with Crippen molar-refractivity contribution >= 4 is 0 Å². The van der Waals surface area contributed by atoms with Crippen molar-refractivity contribution in [1.29, 1.82) is 0 Å². The summed E-state index contributed by atoms with van der Waals surface area (Å²) in [4.78, 5) is 0. The number of benzene rings is 1. The zero-order chi connectivity index (χ0) is 9.52. The quantitative estimate of drug-likeness (QED) is 0.649. The normalized spacial score (nSPS) is 12.5. The summed E-state index contributed by atoms with van der Waals surface area (Å²) in [5.41, 5.74) is 0. The molecule has 0 radical (unpaired) electrons. The van der Waals surface area contributed by atoms with Crippen LogP contribution in [0.1, 0.15) is 19.8 Å². The average molecular weight is 180 g/mol. The molecule has 13 heavy (non-hydrogen) atoms. The van der Waals surface area contributed by atoms with E-state index in [1.165, 1.54) is 0 Å². The van der Waals surface area contributed by atoms with E-state index in [4.69, 9.17) is 9.47 Å². The summed E-state index contributed by atoms with van der Waals surface area (Å²) >= 11 is 0. The van der Waals surface area contributed by atoms with Crippen molar-refractivity contribution in [2.75, 3.05) is 7.11 Å². The molecule has 1 aromatic carbocycles. The second-order valence-electron chi connectivity index (χ2n) is 2.88. The first kappa shape index (κ1) is 10.1. The molecule has 0 aliphatic rings. The molecule has 2 heteroatoms. The summed E-state index contributed by atoms with van der Waals surface area (Å²) in [5.74, 6) is 0.864. The first-order valence-corrected chi connectivity index (χ1v) is 4.61. The molecule has 0 aliphatic heterocycles. The summed E-state index contributed by atoms with van der Waals surface area (Å²) in [6.07, 6.45) is 1.86. The fourth-order valence-electron chi connectivity index (χ4n) is 1.11. The molecular weight excluding hydrogens is 164 g/mol. The lowest BCUT2D eigenvalue weighted by Crippen LogP contribution is -2.18. The van der Waals surface area contributed by atoms with Crippen LogP contribution in [0.25, 0.3) is 0 Å². The van der Waals surface area contributed by atoms with Gasteiger partial charge in [-0.2, -0.15) is 0 Å². The van der Waals surface area contributed by atoms with Gasteiger partial charge in [-0.05, 0) is 12.1 Å². The molecule has 0 spiro atoms. The Kier molecular flexibility index (Phi) is 4.33. The van der Waals surface area contributed by atoms with Crippen LogP contribution in [-0.2, 0) is 4.74 Å². The van der Waals surface area contributed by atoms with Gasteiger partial charge in [0.05, 0.1) is 0 Å². The molecule has 0 fully saturated rings. The van der Waals surface area contributed by atoms with Crippen molar-refractivity contribution in [1.82, 2.24) is 0 Å². The smallest absolute Gasteiger partial charge is 0.199 e. The van der Waals surface area contributed by atoms with E-state index in [0.717, 1.165) is 18.6 Å². The summed E-state index contributed by atoms with van der Waals surface area (Å²) in [5, 5.41) is 0. The zero-order valence-corrected chi connectivity index (χ0v) is 8.19. The molecule has 0 aromatic heterocycles. The summed E-state index contributed by atoms with van der Waals surface area (Å²) in [6.45, 7) is 2.11. The molecule has 1 aromatic rings. The van der Waals surface area contributed by atoms with E-state index >= 15 is 0 Å². The number of hydrogen-bond donors (Lipinski definition) is 0. The maximum atomic E-state index is 5.58. The van der Waals surface area contributed by atoms with Crippen LogP contribution in [0.3, 0.4) is 0 Å². The third-order valence-corrected chi connectivity index (χ3v) is 1.80. The van der Waals surface area contributed by atoms with Gasteiger partial charge >= 0.3 is 0 Å². The van der Waals surface area contributed by atoms with Gasteiger partial charge < -0.3 is 9.47 Å². The highest BCUT2D eigenvalue weighted by molar-refractivity contribution is 5.20. The average Bonchev–Trinajstić information content (AvgIpc) is 2.19. The molecule has 0 saturated carbocycles. The van der Waals surface area contributed by atoms with E-state index in [-0.39, 0.29) is 6.29 Å². The standard InChI is InChI=1S/C11H16O2/c1-3-7-11(12-2)13-10-8-5-4-6-9-10/h4-6,8-9,11H,3,7H2,1-2H3. The SMILES string of the molecule is CCCC(OC)Oc1ccccc1. The van der Waals surface area contributed by atoms with E-state index in [2.05, 4.69) is 6.92 Å². The van der Waals surface area contributed by atoms with Gasteiger partial charge in [0.1, 0.15) is 5.75 Å². The Morgan fingerprint density at radius 3 is 2.46 bits per heavy atom. The van der Waals surface area contributed by atoms with Crippen LogP contribution in [0.2, 0.25) is 0 Å². The third-order valence-electron chi connectivity index (χ3n) is 1.80. The predicted octanol–water partition coefficient (Wildman–Crippen LogP) is 2.84. The number of methoxy groups -OCH3 is 1. The Morgan fingerprint density at radius 1 is 1.23 bits per heavy atom. The van der Waals surface area contributed by atoms with Crippen molar-refractivity contribution < 1.29 is 9.47 Å². The number of rotatable bonds is 5. The first-order chi connectivity index (χ1) is 6.36. The van der Waals surface area contributed by atoms with E-state index in [9.17, 15) is 0 Å². The second-order valence-corrected chi connectivity index (χ2v) is 2.88. The summed E-state index contributed by atoms with van der Waals surface area (Å²) in [7, 11) is 1.67. The molecule has 1 unspecified atom stereocenters. The van der Waals surface area contributed by atoms with Crippen molar-refractivity contribution in [2.45, 2.75) is 26.1 Å². The molecule has 0 saturated heterocycles. The maximum absolute atomic E-state index is 5.58. The van der Waals surface area contributed by atoms with E-state index in [1.807, 2.05) is 30.3 Å². The Balaban J connectivity index is 2.46. The number of hydrogen-bond acceptors (Lipinski definition) is 2. The van der Waals surface area contributed by atoms with Crippen LogP contribution >= 0.6 is 0 Å². The van der Waals surface area contributed by atoms with E-state index in [0.29, 0.717) is 0 Å². The molecule has 0 aliphatic carbocycles. The van der Waals surface area contributed by atoms with Gasteiger partial charge in [0.2, 0.25) is 0 Å². The largest absolute Gasteiger partial charge is 0.465 e. The minimum Gasteiger partial charge on any atom is -0.465 e. The summed E-state index contributed by atoms with van der Waals surface area (Å²) < 4.78 is 10.8. The van der Waals surface area contributed by atoms with Gasteiger partial charge in [-0.25, -0.2) is 0 Å². The van der Waals surface area contributed by atoms with Crippen LogP contribution in [0.4, 0.5) is 0 Å². The highest BCUT2D eigenvalue weighted by Crippen LogP contribution is 2.13. The molecule has 72 valence electrons. The van der Waals surface area contributed by atoms with E-state index in [1.54, 1.807) is 7.11 Å². The number of ether oxygens (including phenoxy) is 2. The Bertz CT molecular complexity index is 221. The highest BCUT2D eigenvalue weighted by atomic mass is 16.7. The predicted molar refractivity (Wildman–Crippen MR) is 52.8 cm³/mol. The minimum absolute atomic E-state index is 0.118. The maximum Gasteiger partial charge on any atom is 0.199 e. The van der Waals surface area contributed by atoms with Gasteiger partial charge in [0, 0.05) is 13.5 Å². The zero-order valence-electron chi connectivity index (χ0n) is 8.19. The van der Waals surface area contributed by atoms with E-state index < -0.39 is 0 Å². The van der Waals surface area contributed by atoms with Crippen molar-refractivity contribution in [3.05, 3.63) is 30.3 Å². The lowest BCUT2D eigenvalue weighted by molar-refractivity contribution is -0.0583. The molecule has 1 rings (SSSR count). The van der Waals surface area contributed by atoms with Gasteiger partial charge in [0.25, 0.3) is 0 Å². The van der Waals surface area contributed by atoms with Crippen LogP contribution in [0.5, 0.6) is 5.75 Å².